The van der Waals surface area contributed by atoms with Gasteiger partial charge >= 0.3 is 6.03 Å². The molecule has 0 unspecified atom stereocenters. The second-order valence-corrected chi connectivity index (χ2v) is 8.43. The normalized spacial score (nSPS) is 11.1. The lowest BCUT2D eigenvalue weighted by molar-refractivity contribution is 0.256. The van der Waals surface area contributed by atoms with Gasteiger partial charge in [-0.25, -0.2) is 14.8 Å². The molecular formula is C24H19N5OS. The summed E-state index contributed by atoms with van der Waals surface area (Å²) in [7, 11) is 0. The second kappa shape index (κ2) is 7.37. The van der Waals surface area contributed by atoms with Crippen molar-refractivity contribution in [1.29, 1.82) is 0 Å². The summed E-state index contributed by atoms with van der Waals surface area (Å²) in [5.41, 5.74) is 15.3. The third-order valence-electron chi connectivity index (χ3n) is 5.32. The van der Waals surface area contributed by atoms with Gasteiger partial charge in [-0.2, -0.15) is 0 Å². The minimum Gasteiger partial charge on any atom is -0.383 e. The maximum atomic E-state index is 12.3. The van der Waals surface area contributed by atoms with Crippen LogP contribution in [0.5, 0.6) is 0 Å². The summed E-state index contributed by atoms with van der Waals surface area (Å²) in [6.07, 6.45) is 1.48. The molecule has 6 nitrogen and oxygen atoms in total. The van der Waals surface area contributed by atoms with E-state index < -0.39 is 6.03 Å². The van der Waals surface area contributed by atoms with Crippen LogP contribution in [0.4, 0.5) is 22.0 Å². The van der Waals surface area contributed by atoms with E-state index in [9.17, 15) is 4.79 Å². The number of thiophene rings is 1. The molecular weight excluding hydrogens is 406 g/mol. The Labute approximate surface area is 182 Å². The summed E-state index contributed by atoms with van der Waals surface area (Å²) in [6, 6.07) is 21.0. The molecule has 2 aromatic heterocycles. The van der Waals surface area contributed by atoms with Gasteiger partial charge in [0, 0.05) is 10.4 Å². The molecule has 0 bridgehead atoms. The van der Waals surface area contributed by atoms with Crippen molar-refractivity contribution in [3.63, 3.8) is 0 Å². The number of benzene rings is 3. The lowest BCUT2D eigenvalue weighted by Gasteiger charge is -2.21. The van der Waals surface area contributed by atoms with Gasteiger partial charge in [-0.15, -0.1) is 11.3 Å². The standard InChI is InChI=1S/C24H19N5OS/c1-14-20(21-22(25)27-13-28-23(21)31-14)16-7-9-18(10-8-16)29(24(26)30)19-11-6-15-4-2-3-5-17(15)12-19/h2-13H,1H3,(H2,26,30)(H2,25,27,28). The van der Waals surface area contributed by atoms with Crippen LogP contribution in [0.15, 0.2) is 73.1 Å². The minimum atomic E-state index is -0.544. The molecule has 5 rings (SSSR count). The number of nitrogens with zero attached hydrogens (tertiary/aromatic N) is 3. The highest BCUT2D eigenvalue weighted by atomic mass is 32.1. The van der Waals surface area contributed by atoms with Crippen LogP contribution in [0.1, 0.15) is 4.88 Å². The fourth-order valence-electron chi connectivity index (χ4n) is 3.91. The largest absolute Gasteiger partial charge is 0.383 e. The predicted molar refractivity (Wildman–Crippen MR) is 128 cm³/mol. The Morgan fingerprint density at radius 1 is 0.935 bits per heavy atom. The molecule has 3 aromatic carbocycles. The van der Waals surface area contributed by atoms with Crippen molar-refractivity contribution in [2.75, 3.05) is 10.6 Å². The first-order chi connectivity index (χ1) is 15.0. The number of primary amides is 1. The van der Waals surface area contributed by atoms with E-state index in [0.717, 1.165) is 37.0 Å². The number of nitrogens with two attached hydrogens (primary N) is 2. The maximum Gasteiger partial charge on any atom is 0.323 e. The Morgan fingerprint density at radius 2 is 1.65 bits per heavy atom. The fourth-order valence-corrected chi connectivity index (χ4v) is 4.93. The summed E-state index contributed by atoms with van der Waals surface area (Å²) in [5, 5.41) is 3.00. The highest BCUT2D eigenvalue weighted by Gasteiger charge is 2.18. The molecule has 4 N–H and O–H groups in total. The van der Waals surface area contributed by atoms with Crippen molar-refractivity contribution in [2.45, 2.75) is 6.92 Å². The molecule has 0 radical (unpaired) electrons. The zero-order valence-corrected chi connectivity index (χ0v) is 17.6. The van der Waals surface area contributed by atoms with Gasteiger partial charge in [0.2, 0.25) is 0 Å². The third kappa shape index (κ3) is 3.25. The quantitative estimate of drug-likeness (QED) is 0.392. The van der Waals surface area contributed by atoms with E-state index in [0.29, 0.717) is 17.2 Å². The van der Waals surface area contributed by atoms with E-state index in [1.807, 2.05) is 73.7 Å². The molecule has 0 saturated heterocycles. The summed E-state index contributed by atoms with van der Waals surface area (Å²) in [4.78, 5) is 24.3. The zero-order valence-electron chi connectivity index (χ0n) is 16.7. The second-order valence-electron chi connectivity index (χ2n) is 7.22. The van der Waals surface area contributed by atoms with Crippen molar-refractivity contribution in [3.8, 4) is 11.1 Å². The highest BCUT2D eigenvalue weighted by molar-refractivity contribution is 7.19. The number of anilines is 3. The van der Waals surface area contributed by atoms with Gasteiger partial charge in [-0.1, -0.05) is 42.5 Å². The van der Waals surface area contributed by atoms with Crippen molar-refractivity contribution < 1.29 is 4.79 Å². The Morgan fingerprint density at radius 3 is 2.39 bits per heavy atom. The number of rotatable bonds is 3. The van der Waals surface area contributed by atoms with Crippen LogP contribution in [0.2, 0.25) is 0 Å². The average molecular weight is 426 g/mol. The number of hydrogen-bond donors (Lipinski definition) is 2. The number of urea groups is 1. The Hall–Kier alpha value is -3.97. The number of hydrogen-bond acceptors (Lipinski definition) is 5. The van der Waals surface area contributed by atoms with E-state index in [-0.39, 0.29) is 0 Å². The van der Waals surface area contributed by atoms with E-state index in [4.69, 9.17) is 11.5 Å². The first-order valence-electron chi connectivity index (χ1n) is 9.71. The minimum absolute atomic E-state index is 0.461. The Bertz CT molecular complexity index is 1440. The Balaban J connectivity index is 1.58. The summed E-state index contributed by atoms with van der Waals surface area (Å²) < 4.78 is 0. The van der Waals surface area contributed by atoms with Gasteiger partial charge in [0.15, 0.2) is 0 Å². The van der Waals surface area contributed by atoms with Crippen molar-refractivity contribution in [3.05, 3.63) is 77.9 Å². The van der Waals surface area contributed by atoms with Crippen LogP contribution in [0.3, 0.4) is 0 Å². The molecule has 31 heavy (non-hydrogen) atoms. The molecule has 7 heteroatoms. The van der Waals surface area contributed by atoms with E-state index in [1.54, 1.807) is 11.3 Å². The molecule has 2 amide bonds. The van der Waals surface area contributed by atoms with E-state index >= 15 is 0 Å². The number of nitrogen functional groups attached to an aromatic ring is 1. The van der Waals surface area contributed by atoms with Crippen molar-refractivity contribution >= 4 is 55.5 Å². The lowest BCUT2D eigenvalue weighted by Crippen LogP contribution is -2.31. The number of carbonyl (C=O) groups excluding carboxylic acids is 1. The monoisotopic (exact) mass is 425 g/mol. The van der Waals surface area contributed by atoms with E-state index in [1.165, 1.54) is 11.2 Å². The number of amides is 2. The number of aromatic nitrogens is 2. The number of carbonyl (C=O) groups is 1. The van der Waals surface area contributed by atoms with Crippen LogP contribution in [0, 0.1) is 6.92 Å². The van der Waals surface area contributed by atoms with Crippen LogP contribution in [0.25, 0.3) is 32.1 Å². The Kier molecular flexibility index (Phi) is 4.52. The molecule has 0 atom stereocenters. The van der Waals surface area contributed by atoms with Crippen LogP contribution < -0.4 is 16.4 Å². The molecule has 0 aliphatic rings. The lowest BCUT2D eigenvalue weighted by atomic mass is 10.0. The van der Waals surface area contributed by atoms with Gasteiger partial charge in [-0.05, 0) is 47.5 Å². The van der Waals surface area contributed by atoms with Crippen LogP contribution in [-0.4, -0.2) is 16.0 Å². The first-order valence-corrected chi connectivity index (χ1v) is 10.5. The third-order valence-corrected chi connectivity index (χ3v) is 6.33. The first kappa shape index (κ1) is 19.0. The fraction of sp³-hybridized carbons (Fsp3) is 0.0417. The summed E-state index contributed by atoms with van der Waals surface area (Å²) >= 11 is 1.59. The number of fused-ring (bicyclic) bond motifs is 2. The molecule has 0 saturated carbocycles. The van der Waals surface area contributed by atoms with Crippen LogP contribution in [-0.2, 0) is 0 Å². The van der Waals surface area contributed by atoms with Gasteiger partial charge in [0.05, 0.1) is 16.8 Å². The predicted octanol–water partition coefficient (Wildman–Crippen LogP) is 5.62. The van der Waals surface area contributed by atoms with Gasteiger partial charge in [0.25, 0.3) is 0 Å². The van der Waals surface area contributed by atoms with Crippen molar-refractivity contribution in [2.24, 2.45) is 5.73 Å². The molecule has 5 aromatic rings. The molecule has 0 aliphatic heterocycles. The SMILES string of the molecule is Cc1sc2ncnc(N)c2c1-c1ccc(N(C(N)=O)c2ccc3ccccc3c2)cc1. The average Bonchev–Trinajstić information content (AvgIpc) is 3.11. The molecule has 0 fully saturated rings. The van der Waals surface area contributed by atoms with Gasteiger partial charge in [-0.3, -0.25) is 4.90 Å². The zero-order chi connectivity index (χ0) is 21.5. The van der Waals surface area contributed by atoms with Crippen molar-refractivity contribution in [1.82, 2.24) is 9.97 Å². The highest BCUT2D eigenvalue weighted by Crippen LogP contribution is 2.40. The topological polar surface area (TPSA) is 98.1 Å². The molecule has 152 valence electrons. The molecule has 2 heterocycles. The van der Waals surface area contributed by atoms with Gasteiger partial charge < -0.3 is 11.5 Å². The van der Waals surface area contributed by atoms with E-state index in [2.05, 4.69) is 9.97 Å². The number of aryl methyl sites for hydroxylation is 1. The summed E-state index contributed by atoms with van der Waals surface area (Å²) in [5.74, 6) is 0.461. The van der Waals surface area contributed by atoms with Crippen LogP contribution >= 0.6 is 11.3 Å². The summed E-state index contributed by atoms with van der Waals surface area (Å²) in [6.45, 7) is 2.04. The molecule has 0 spiro atoms. The molecule has 0 aliphatic carbocycles. The maximum absolute atomic E-state index is 12.3. The van der Waals surface area contributed by atoms with Gasteiger partial charge in [0.1, 0.15) is 17.0 Å². The smallest absolute Gasteiger partial charge is 0.323 e.